The molecule has 42 heavy (non-hydrogen) atoms. The summed E-state index contributed by atoms with van der Waals surface area (Å²) in [5.74, 6) is 1.40. The molecule has 0 aromatic heterocycles. The van der Waals surface area contributed by atoms with Gasteiger partial charge >= 0.3 is 5.97 Å². The zero-order valence-electron chi connectivity index (χ0n) is 29.7. The molecule has 0 aliphatic rings. The minimum Gasteiger partial charge on any atom is -0.462 e. The molecule has 2 aromatic rings. The second-order valence-corrected chi connectivity index (χ2v) is 9.83. The van der Waals surface area contributed by atoms with Crippen molar-refractivity contribution in [3.8, 4) is 11.5 Å². The Hall–Kier alpha value is -2.37. The van der Waals surface area contributed by atoms with E-state index in [4.69, 9.17) is 9.47 Å². The first-order valence-electron chi connectivity index (χ1n) is 16.5. The lowest BCUT2D eigenvalue weighted by molar-refractivity contribution is -0.147. The minimum atomic E-state index is -0.364. The minimum absolute atomic E-state index is 0.188. The van der Waals surface area contributed by atoms with E-state index in [1.807, 2.05) is 100 Å². The number of esters is 1. The summed E-state index contributed by atoms with van der Waals surface area (Å²) in [5.41, 5.74) is 5.20. The van der Waals surface area contributed by atoms with Crippen LogP contribution in [0.25, 0.3) is 0 Å². The summed E-state index contributed by atoms with van der Waals surface area (Å²) < 4.78 is 11.8. The highest BCUT2D eigenvalue weighted by Crippen LogP contribution is 2.31. The smallest absolute Gasteiger partial charge is 0.310 e. The van der Waals surface area contributed by atoms with Gasteiger partial charge in [0.15, 0.2) is 0 Å². The zero-order valence-corrected chi connectivity index (χ0v) is 29.7. The number of ether oxygens (including phenoxy) is 2. The van der Waals surface area contributed by atoms with Crippen molar-refractivity contribution in [3.05, 3.63) is 58.1 Å². The molecule has 3 unspecified atom stereocenters. The summed E-state index contributed by atoms with van der Waals surface area (Å²) in [7, 11) is 0. The van der Waals surface area contributed by atoms with Crippen LogP contribution in [0.3, 0.4) is 0 Å². The number of aryl methyl sites for hydroxylation is 4. The van der Waals surface area contributed by atoms with Gasteiger partial charge in [-0.25, -0.2) is 0 Å². The highest BCUT2D eigenvalue weighted by atomic mass is 16.5. The maximum absolute atomic E-state index is 12.5. The molecule has 5 heteroatoms. The van der Waals surface area contributed by atoms with Crippen molar-refractivity contribution < 1.29 is 24.5 Å². The van der Waals surface area contributed by atoms with Gasteiger partial charge in [-0.2, -0.15) is 0 Å². The van der Waals surface area contributed by atoms with Crippen molar-refractivity contribution >= 4 is 5.97 Å². The monoisotopic (exact) mass is 590 g/mol. The van der Waals surface area contributed by atoms with E-state index < -0.39 is 0 Å². The lowest BCUT2D eigenvalue weighted by Crippen LogP contribution is -2.17. The fourth-order valence-corrected chi connectivity index (χ4v) is 4.34. The Morgan fingerprint density at radius 2 is 1.14 bits per heavy atom. The van der Waals surface area contributed by atoms with E-state index in [0.29, 0.717) is 19.3 Å². The number of carbonyl (C=O) groups is 1. The van der Waals surface area contributed by atoms with E-state index in [2.05, 4.69) is 19.9 Å². The summed E-state index contributed by atoms with van der Waals surface area (Å²) in [6, 6.07) is 10.1. The van der Waals surface area contributed by atoms with Crippen LogP contribution in [0.4, 0.5) is 0 Å². The number of hydrogen-bond acceptors (Lipinski definition) is 5. The molecule has 0 radical (unpaired) electrons. The molecule has 0 saturated heterocycles. The van der Waals surface area contributed by atoms with Crippen LogP contribution in [0.2, 0.25) is 0 Å². The first-order valence-corrected chi connectivity index (χ1v) is 16.5. The average Bonchev–Trinajstić information content (AvgIpc) is 2.94. The highest BCUT2D eigenvalue weighted by Gasteiger charge is 2.15. The second-order valence-electron chi connectivity index (χ2n) is 9.83. The first-order chi connectivity index (χ1) is 20.0. The largest absolute Gasteiger partial charge is 0.462 e. The third-order valence-corrected chi connectivity index (χ3v) is 5.92. The molecule has 5 nitrogen and oxygen atoms in total. The van der Waals surface area contributed by atoms with Crippen LogP contribution in [0.15, 0.2) is 30.3 Å². The Balaban J connectivity index is -0.00000175. The van der Waals surface area contributed by atoms with Gasteiger partial charge in [0.1, 0.15) is 11.5 Å². The summed E-state index contributed by atoms with van der Waals surface area (Å²) in [6.07, 6.45) is 3.77. The molecular weight excluding hydrogens is 524 g/mol. The molecule has 0 aliphatic carbocycles. The molecule has 0 spiro atoms. The lowest BCUT2D eigenvalue weighted by Gasteiger charge is -2.17. The third kappa shape index (κ3) is 20.5. The van der Waals surface area contributed by atoms with E-state index >= 15 is 0 Å². The lowest BCUT2D eigenvalue weighted by atomic mass is 10.0. The SMILES string of the molecule is CC.CC.CC.CC.Cc1cc(C)cc(Oc2c(C)cc(CC(=O)OC(C)CCCC(O)CCCC(C)O)cc2C)c1. The van der Waals surface area contributed by atoms with E-state index in [1.54, 1.807) is 6.92 Å². The van der Waals surface area contributed by atoms with Crippen molar-refractivity contribution in [3.63, 3.8) is 0 Å². The number of hydrogen-bond donors (Lipinski definition) is 2. The standard InChI is InChI=1S/C29H42O5.4C2H6/c1-19-13-20(2)15-27(14-19)34-29-21(3)16-25(17-22(29)4)18-28(32)33-24(6)10-8-12-26(31)11-7-9-23(5)30;4*1-2/h13-17,23-24,26,30-31H,7-12,18H2,1-6H3;4*1-2H3. The van der Waals surface area contributed by atoms with Crippen LogP contribution in [-0.2, 0) is 16.0 Å². The maximum Gasteiger partial charge on any atom is 0.310 e. The van der Waals surface area contributed by atoms with E-state index in [0.717, 1.165) is 58.6 Å². The van der Waals surface area contributed by atoms with E-state index in [9.17, 15) is 15.0 Å². The second kappa shape index (κ2) is 27.5. The third-order valence-electron chi connectivity index (χ3n) is 5.92. The van der Waals surface area contributed by atoms with E-state index in [-0.39, 0.29) is 30.7 Å². The van der Waals surface area contributed by atoms with Gasteiger partial charge in [-0.1, -0.05) is 73.6 Å². The predicted molar refractivity (Wildman–Crippen MR) is 182 cm³/mol. The summed E-state index contributed by atoms with van der Waals surface area (Å²) in [4.78, 5) is 12.5. The van der Waals surface area contributed by atoms with Crippen molar-refractivity contribution in [2.75, 3.05) is 0 Å². The molecular formula is C37H66O5. The molecule has 244 valence electrons. The molecule has 2 aromatic carbocycles. The van der Waals surface area contributed by atoms with Gasteiger partial charge in [-0.05, 0) is 120 Å². The van der Waals surface area contributed by atoms with Crippen LogP contribution in [-0.4, -0.2) is 34.5 Å². The van der Waals surface area contributed by atoms with Crippen LogP contribution >= 0.6 is 0 Å². The van der Waals surface area contributed by atoms with Crippen LogP contribution in [0.1, 0.15) is 136 Å². The number of rotatable bonds is 13. The van der Waals surface area contributed by atoms with Gasteiger partial charge in [-0.3, -0.25) is 4.79 Å². The Kier molecular flexibility index (Phi) is 28.8. The summed E-state index contributed by atoms with van der Waals surface area (Å²) in [6.45, 7) is 27.8. The highest BCUT2D eigenvalue weighted by molar-refractivity contribution is 5.73. The summed E-state index contributed by atoms with van der Waals surface area (Å²) in [5, 5.41) is 19.3. The first kappa shape index (κ1) is 44.1. The predicted octanol–water partition coefficient (Wildman–Crippen LogP) is 10.4. The molecule has 0 amide bonds. The van der Waals surface area contributed by atoms with Crippen molar-refractivity contribution in [2.45, 2.75) is 160 Å². The Morgan fingerprint density at radius 3 is 1.60 bits per heavy atom. The normalized spacial score (nSPS) is 11.8. The number of benzene rings is 2. The van der Waals surface area contributed by atoms with Crippen molar-refractivity contribution in [2.24, 2.45) is 0 Å². The van der Waals surface area contributed by atoms with Gasteiger partial charge in [0.05, 0.1) is 24.7 Å². The fraction of sp³-hybridized carbons (Fsp3) is 0.649. The molecule has 0 heterocycles. The molecule has 0 bridgehead atoms. The van der Waals surface area contributed by atoms with Gasteiger partial charge in [0.2, 0.25) is 0 Å². The summed E-state index contributed by atoms with van der Waals surface area (Å²) >= 11 is 0. The van der Waals surface area contributed by atoms with Crippen LogP contribution in [0, 0.1) is 27.7 Å². The van der Waals surface area contributed by atoms with Crippen molar-refractivity contribution in [1.82, 2.24) is 0 Å². The van der Waals surface area contributed by atoms with Crippen LogP contribution < -0.4 is 4.74 Å². The number of carbonyl (C=O) groups excluding carboxylic acids is 1. The van der Waals surface area contributed by atoms with Gasteiger partial charge < -0.3 is 19.7 Å². The topological polar surface area (TPSA) is 76.0 Å². The Labute approximate surface area is 260 Å². The van der Waals surface area contributed by atoms with Crippen LogP contribution in [0.5, 0.6) is 11.5 Å². The maximum atomic E-state index is 12.5. The number of aliphatic hydroxyl groups is 2. The van der Waals surface area contributed by atoms with E-state index in [1.165, 1.54) is 0 Å². The van der Waals surface area contributed by atoms with Gasteiger partial charge in [0, 0.05) is 0 Å². The fourth-order valence-electron chi connectivity index (χ4n) is 4.34. The molecule has 2 rings (SSSR count). The molecule has 3 atom stereocenters. The number of aliphatic hydroxyl groups excluding tert-OH is 2. The molecule has 0 fully saturated rings. The average molecular weight is 591 g/mol. The molecule has 0 saturated carbocycles. The zero-order chi connectivity index (χ0) is 33.3. The molecule has 0 aliphatic heterocycles. The van der Waals surface area contributed by atoms with Gasteiger partial charge in [-0.15, -0.1) is 0 Å². The Morgan fingerprint density at radius 1 is 0.690 bits per heavy atom. The van der Waals surface area contributed by atoms with Crippen molar-refractivity contribution in [1.29, 1.82) is 0 Å². The van der Waals surface area contributed by atoms with Gasteiger partial charge in [0.25, 0.3) is 0 Å². The Bertz CT molecular complexity index is 892. The molecule has 2 N–H and O–H groups in total. The quantitative estimate of drug-likeness (QED) is 0.227.